The molecule has 0 bridgehead atoms. The minimum absolute atomic E-state index is 0.186. The van der Waals surface area contributed by atoms with Crippen molar-refractivity contribution in [1.82, 2.24) is 25.6 Å². The summed E-state index contributed by atoms with van der Waals surface area (Å²) in [5.74, 6) is -0.673. The van der Waals surface area contributed by atoms with Gasteiger partial charge in [0, 0.05) is 28.2 Å². The number of halogens is 1. The van der Waals surface area contributed by atoms with E-state index < -0.39 is 5.82 Å². The van der Waals surface area contributed by atoms with Crippen molar-refractivity contribution in [2.45, 2.75) is 12.8 Å². The smallest absolute Gasteiger partial charge is 0.228 e. The molecule has 0 spiro atoms. The van der Waals surface area contributed by atoms with Gasteiger partial charge < -0.3 is 5.32 Å². The monoisotopic (exact) mass is 408 g/mol. The van der Waals surface area contributed by atoms with E-state index >= 15 is 0 Å². The van der Waals surface area contributed by atoms with Crippen LogP contribution in [-0.4, -0.2) is 31.5 Å². The molecular formula is C20H17FN6OS. The second-order valence-electron chi connectivity index (χ2n) is 6.53. The third-order valence-electron chi connectivity index (χ3n) is 4.41. The zero-order valence-corrected chi connectivity index (χ0v) is 16.1. The van der Waals surface area contributed by atoms with Crippen LogP contribution < -0.4 is 5.32 Å². The van der Waals surface area contributed by atoms with Gasteiger partial charge in [-0.2, -0.15) is 0 Å². The molecule has 0 radical (unpaired) electrons. The van der Waals surface area contributed by atoms with E-state index in [1.165, 1.54) is 23.5 Å². The summed E-state index contributed by atoms with van der Waals surface area (Å²) in [5.41, 5.74) is 3.61. The highest BCUT2D eigenvalue weighted by Crippen LogP contribution is 2.23. The molecule has 146 valence electrons. The fraction of sp³-hybridized carbons (Fsp3) is 0.150. The van der Waals surface area contributed by atoms with Crippen LogP contribution in [0, 0.1) is 11.7 Å². The second kappa shape index (κ2) is 8.70. The summed E-state index contributed by atoms with van der Waals surface area (Å²) in [6.45, 7) is 0. The maximum atomic E-state index is 14.1. The van der Waals surface area contributed by atoms with Crippen LogP contribution in [0.25, 0.3) is 11.4 Å². The highest BCUT2D eigenvalue weighted by molar-refractivity contribution is 7.09. The summed E-state index contributed by atoms with van der Waals surface area (Å²) in [4.78, 5) is 18.2. The van der Waals surface area contributed by atoms with E-state index in [0.717, 1.165) is 10.4 Å². The summed E-state index contributed by atoms with van der Waals surface area (Å²) in [6, 6.07) is 14.0. The number of hydrogen-bond acceptors (Lipinski definition) is 6. The Morgan fingerprint density at radius 3 is 2.76 bits per heavy atom. The number of benzene rings is 2. The molecule has 4 aromatic rings. The van der Waals surface area contributed by atoms with Crippen LogP contribution in [0.15, 0.2) is 60.2 Å². The van der Waals surface area contributed by atoms with Gasteiger partial charge in [-0.05, 0) is 47.0 Å². The minimum Gasteiger partial charge on any atom is -0.326 e. The molecule has 2 aromatic carbocycles. The minimum atomic E-state index is -0.490. The van der Waals surface area contributed by atoms with E-state index in [-0.39, 0.29) is 11.8 Å². The molecule has 4 rings (SSSR count). The maximum absolute atomic E-state index is 14.1. The van der Waals surface area contributed by atoms with E-state index in [4.69, 9.17) is 0 Å². The number of anilines is 1. The van der Waals surface area contributed by atoms with Gasteiger partial charge >= 0.3 is 0 Å². The topological polar surface area (TPSA) is 96.5 Å². The number of nitrogens with zero attached hydrogens (tertiary/aromatic N) is 4. The predicted octanol–water partition coefficient (Wildman–Crippen LogP) is 3.50. The van der Waals surface area contributed by atoms with E-state index in [9.17, 15) is 9.18 Å². The quantitative estimate of drug-likeness (QED) is 0.488. The van der Waals surface area contributed by atoms with Crippen LogP contribution in [0.2, 0.25) is 0 Å². The molecule has 2 aromatic heterocycles. The van der Waals surface area contributed by atoms with Gasteiger partial charge in [0.1, 0.15) is 5.82 Å². The molecule has 0 fully saturated rings. The van der Waals surface area contributed by atoms with Crippen LogP contribution in [-0.2, 0) is 17.6 Å². The molecule has 0 saturated carbocycles. The van der Waals surface area contributed by atoms with Crippen molar-refractivity contribution in [2.24, 2.45) is 5.92 Å². The number of carbonyl (C=O) groups is 1. The normalized spacial score (nSPS) is 11.9. The van der Waals surface area contributed by atoms with E-state index in [1.807, 2.05) is 30.3 Å². The first-order valence-electron chi connectivity index (χ1n) is 8.94. The zero-order valence-electron chi connectivity index (χ0n) is 15.2. The van der Waals surface area contributed by atoms with Crippen LogP contribution in [0.5, 0.6) is 0 Å². The zero-order chi connectivity index (χ0) is 20.1. The summed E-state index contributed by atoms with van der Waals surface area (Å²) in [6.07, 6.45) is 2.89. The molecule has 1 atom stereocenters. The SMILES string of the molecule is O=C(Nc1cc(F)cc(-c2nnn[nH]2)c1)C(Cc1ccccc1)Cc1cncs1. The fourth-order valence-electron chi connectivity index (χ4n) is 3.07. The van der Waals surface area contributed by atoms with Gasteiger partial charge in [-0.15, -0.1) is 16.4 Å². The fourth-order valence-corrected chi connectivity index (χ4v) is 3.74. The van der Waals surface area contributed by atoms with E-state index in [1.54, 1.807) is 17.8 Å². The summed E-state index contributed by atoms with van der Waals surface area (Å²) >= 11 is 1.51. The molecule has 1 unspecified atom stereocenters. The number of H-pyrrole nitrogens is 1. The summed E-state index contributed by atoms with van der Waals surface area (Å²) in [7, 11) is 0. The average Bonchev–Trinajstić information content (AvgIpc) is 3.42. The lowest BCUT2D eigenvalue weighted by atomic mass is 9.94. The van der Waals surface area contributed by atoms with Crippen molar-refractivity contribution < 1.29 is 9.18 Å². The first-order chi connectivity index (χ1) is 14.2. The number of amides is 1. The lowest BCUT2D eigenvalue weighted by Crippen LogP contribution is -2.26. The molecule has 29 heavy (non-hydrogen) atoms. The Bertz CT molecular complexity index is 1070. The predicted molar refractivity (Wildman–Crippen MR) is 108 cm³/mol. The van der Waals surface area contributed by atoms with Crippen molar-refractivity contribution in [1.29, 1.82) is 0 Å². The molecule has 2 heterocycles. The molecule has 1 amide bonds. The first kappa shape index (κ1) is 18.9. The number of tetrazole rings is 1. The Morgan fingerprint density at radius 1 is 1.17 bits per heavy atom. The molecule has 9 heteroatoms. The van der Waals surface area contributed by atoms with E-state index in [0.29, 0.717) is 29.9 Å². The summed E-state index contributed by atoms with van der Waals surface area (Å²) in [5, 5.41) is 16.2. The number of aromatic nitrogens is 5. The Kier molecular flexibility index (Phi) is 5.66. The number of aromatic amines is 1. The standard InChI is InChI=1S/C20H17FN6OS/c21-16-7-14(19-24-26-27-25-19)8-17(10-16)23-20(28)15(9-18-11-22-12-29-18)6-13-4-2-1-3-5-13/h1-5,7-8,10-12,15H,6,9H2,(H,23,28)(H,24,25,26,27). The largest absolute Gasteiger partial charge is 0.326 e. The van der Waals surface area contributed by atoms with Crippen LogP contribution in [0.1, 0.15) is 10.4 Å². The molecular weight excluding hydrogens is 391 g/mol. The van der Waals surface area contributed by atoms with Gasteiger partial charge in [-0.25, -0.2) is 9.49 Å². The Balaban J connectivity index is 1.56. The molecule has 0 aliphatic heterocycles. The molecule has 0 aliphatic rings. The number of carbonyl (C=O) groups excluding carboxylic acids is 1. The average molecular weight is 408 g/mol. The molecule has 2 N–H and O–H groups in total. The van der Waals surface area contributed by atoms with Crippen molar-refractivity contribution in [2.75, 3.05) is 5.32 Å². The van der Waals surface area contributed by atoms with Crippen molar-refractivity contribution in [3.8, 4) is 11.4 Å². The molecule has 0 saturated heterocycles. The van der Waals surface area contributed by atoms with Gasteiger partial charge in [0.05, 0.1) is 5.51 Å². The van der Waals surface area contributed by atoms with Crippen LogP contribution >= 0.6 is 11.3 Å². The number of hydrogen-bond donors (Lipinski definition) is 2. The highest BCUT2D eigenvalue weighted by atomic mass is 32.1. The Morgan fingerprint density at radius 2 is 2.03 bits per heavy atom. The number of nitrogens with one attached hydrogen (secondary N) is 2. The van der Waals surface area contributed by atoms with Crippen molar-refractivity contribution in [3.05, 3.63) is 76.5 Å². The molecule has 7 nitrogen and oxygen atoms in total. The van der Waals surface area contributed by atoms with Gasteiger partial charge in [-0.3, -0.25) is 9.78 Å². The Hall–Kier alpha value is -3.46. The van der Waals surface area contributed by atoms with Gasteiger partial charge in [0.2, 0.25) is 5.91 Å². The third-order valence-corrected chi connectivity index (χ3v) is 5.21. The number of rotatable bonds is 7. The highest BCUT2D eigenvalue weighted by Gasteiger charge is 2.21. The lowest BCUT2D eigenvalue weighted by Gasteiger charge is -2.17. The number of thiazole rings is 1. The van der Waals surface area contributed by atoms with Crippen LogP contribution in [0.4, 0.5) is 10.1 Å². The van der Waals surface area contributed by atoms with Crippen LogP contribution in [0.3, 0.4) is 0 Å². The van der Waals surface area contributed by atoms with E-state index in [2.05, 4.69) is 30.9 Å². The molecule has 0 aliphatic carbocycles. The first-order valence-corrected chi connectivity index (χ1v) is 9.82. The third kappa shape index (κ3) is 4.88. The van der Waals surface area contributed by atoms with Gasteiger partial charge in [0.25, 0.3) is 0 Å². The van der Waals surface area contributed by atoms with Crippen molar-refractivity contribution in [3.63, 3.8) is 0 Å². The Labute approximate surface area is 170 Å². The van der Waals surface area contributed by atoms with Crippen molar-refractivity contribution >= 4 is 22.9 Å². The summed E-state index contributed by atoms with van der Waals surface area (Å²) < 4.78 is 14.1. The second-order valence-corrected chi connectivity index (χ2v) is 7.50. The lowest BCUT2D eigenvalue weighted by molar-refractivity contribution is -0.119. The van der Waals surface area contributed by atoms with Gasteiger partial charge in [-0.1, -0.05) is 30.3 Å². The maximum Gasteiger partial charge on any atom is 0.228 e. The van der Waals surface area contributed by atoms with Gasteiger partial charge in [0.15, 0.2) is 5.82 Å².